The number of hydrogen-bond acceptors (Lipinski definition) is 6. The number of ether oxygens (including phenoxy) is 2. The average molecular weight is 521 g/mol. The predicted molar refractivity (Wildman–Crippen MR) is 149 cm³/mol. The van der Waals surface area contributed by atoms with Crippen molar-refractivity contribution < 1.29 is 19.1 Å². The van der Waals surface area contributed by atoms with Crippen molar-refractivity contribution in [3.8, 4) is 5.75 Å². The summed E-state index contributed by atoms with van der Waals surface area (Å²) < 4.78 is 11.0. The summed E-state index contributed by atoms with van der Waals surface area (Å²) in [7, 11) is 0. The van der Waals surface area contributed by atoms with Crippen LogP contribution in [0.4, 0.5) is 5.00 Å². The van der Waals surface area contributed by atoms with Gasteiger partial charge in [-0.15, -0.1) is 11.3 Å². The summed E-state index contributed by atoms with van der Waals surface area (Å²) in [6, 6.07) is 17.5. The Bertz CT molecular complexity index is 1200. The summed E-state index contributed by atoms with van der Waals surface area (Å²) in [5.41, 5.74) is 4.06. The summed E-state index contributed by atoms with van der Waals surface area (Å²) in [5, 5.41) is 4.08. The fraction of sp³-hybridized carbons (Fsp3) is 0.400. The van der Waals surface area contributed by atoms with Crippen molar-refractivity contribution in [2.45, 2.75) is 46.6 Å². The zero-order valence-corrected chi connectivity index (χ0v) is 22.9. The molecule has 1 atom stereocenters. The number of benzene rings is 2. The second kappa shape index (κ2) is 12.4. The molecule has 1 fully saturated rings. The Morgan fingerprint density at radius 1 is 1.00 bits per heavy atom. The highest BCUT2D eigenvalue weighted by molar-refractivity contribution is 7.16. The lowest BCUT2D eigenvalue weighted by Crippen LogP contribution is -2.40. The molecule has 6 nitrogen and oxygen atoms in total. The van der Waals surface area contributed by atoms with E-state index in [2.05, 4.69) is 36.2 Å². The minimum absolute atomic E-state index is 0.0603. The molecular weight excluding hydrogens is 484 g/mol. The predicted octanol–water partition coefficient (Wildman–Crippen LogP) is 6.38. The maximum atomic E-state index is 13.1. The minimum Gasteiger partial charge on any atom is -0.494 e. The molecule has 0 radical (unpaired) electrons. The topological polar surface area (TPSA) is 67.9 Å². The number of amides is 1. The normalized spacial score (nSPS) is 15.2. The molecule has 1 saturated heterocycles. The highest BCUT2D eigenvalue weighted by Crippen LogP contribution is 2.43. The van der Waals surface area contributed by atoms with Crippen LogP contribution in [0.2, 0.25) is 0 Å². The van der Waals surface area contributed by atoms with E-state index in [0.717, 1.165) is 47.8 Å². The standard InChI is InChI=1S/C30H36N2O4S/c1-5-35-25-14-12-22(13-15-25)27(32-18-16-24(17-19-32)30(34)36-6-2)26-20(3)21(4)37-29(26)31-28(33)23-10-8-7-9-11-23/h7-15,24,27H,5-6,16-19H2,1-4H3,(H,31,33). The summed E-state index contributed by atoms with van der Waals surface area (Å²) in [4.78, 5) is 29.1. The van der Waals surface area contributed by atoms with E-state index in [-0.39, 0.29) is 23.8 Å². The van der Waals surface area contributed by atoms with Crippen LogP contribution in [0.5, 0.6) is 5.75 Å². The van der Waals surface area contributed by atoms with Crippen LogP contribution in [0, 0.1) is 19.8 Å². The van der Waals surface area contributed by atoms with E-state index in [1.165, 1.54) is 10.4 Å². The van der Waals surface area contributed by atoms with Gasteiger partial charge < -0.3 is 14.8 Å². The molecule has 1 aliphatic heterocycles. The van der Waals surface area contributed by atoms with E-state index in [0.29, 0.717) is 18.8 Å². The molecule has 0 aliphatic carbocycles. The lowest BCUT2D eigenvalue weighted by Gasteiger charge is -2.38. The van der Waals surface area contributed by atoms with E-state index in [1.54, 1.807) is 11.3 Å². The average Bonchev–Trinajstić information content (AvgIpc) is 3.19. The molecule has 0 spiro atoms. The molecule has 2 heterocycles. The Morgan fingerprint density at radius 2 is 1.68 bits per heavy atom. The first kappa shape index (κ1) is 26.9. The molecule has 196 valence electrons. The summed E-state index contributed by atoms with van der Waals surface area (Å²) in [5.74, 6) is 0.550. The zero-order valence-electron chi connectivity index (χ0n) is 22.1. The number of piperidine rings is 1. The van der Waals surface area contributed by atoms with Crippen LogP contribution in [0.15, 0.2) is 54.6 Å². The number of hydrogen-bond donors (Lipinski definition) is 1. The molecule has 0 saturated carbocycles. The van der Waals surface area contributed by atoms with Crippen LogP contribution in [0.25, 0.3) is 0 Å². The third kappa shape index (κ3) is 6.22. The van der Waals surface area contributed by atoms with E-state index < -0.39 is 0 Å². The maximum Gasteiger partial charge on any atom is 0.309 e. The molecular formula is C30H36N2O4S. The molecule has 0 bridgehead atoms. The second-order valence-corrected chi connectivity index (χ2v) is 10.5. The van der Waals surface area contributed by atoms with E-state index in [4.69, 9.17) is 9.47 Å². The number of aryl methyl sites for hydroxylation is 1. The highest BCUT2D eigenvalue weighted by atomic mass is 32.1. The quantitative estimate of drug-likeness (QED) is 0.332. The van der Waals surface area contributed by atoms with Crippen LogP contribution in [-0.2, 0) is 9.53 Å². The largest absolute Gasteiger partial charge is 0.494 e. The number of nitrogens with one attached hydrogen (secondary N) is 1. The number of thiophene rings is 1. The third-order valence-electron chi connectivity index (χ3n) is 6.99. The van der Waals surface area contributed by atoms with Gasteiger partial charge in [0.2, 0.25) is 0 Å². The monoisotopic (exact) mass is 520 g/mol. The van der Waals surface area contributed by atoms with Gasteiger partial charge in [0.1, 0.15) is 10.8 Å². The first-order valence-corrected chi connectivity index (χ1v) is 13.8. The van der Waals surface area contributed by atoms with Crippen LogP contribution >= 0.6 is 11.3 Å². The maximum absolute atomic E-state index is 13.1. The summed E-state index contributed by atoms with van der Waals surface area (Å²) >= 11 is 1.62. The van der Waals surface area contributed by atoms with Crippen molar-refractivity contribution in [1.82, 2.24) is 4.90 Å². The molecule has 1 unspecified atom stereocenters. The number of carbonyl (C=O) groups is 2. The van der Waals surface area contributed by atoms with Crippen LogP contribution in [-0.4, -0.2) is 43.1 Å². The smallest absolute Gasteiger partial charge is 0.309 e. The van der Waals surface area contributed by atoms with Crippen molar-refractivity contribution >= 4 is 28.2 Å². The Hall–Kier alpha value is -3.16. The lowest BCUT2D eigenvalue weighted by molar-refractivity contribution is -0.149. The van der Waals surface area contributed by atoms with Crippen LogP contribution in [0.1, 0.15) is 64.7 Å². The van der Waals surface area contributed by atoms with Gasteiger partial charge >= 0.3 is 5.97 Å². The molecule has 3 aromatic rings. The molecule has 1 aromatic heterocycles. The molecule has 2 aromatic carbocycles. The Morgan fingerprint density at radius 3 is 2.30 bits per heavy atom. The van der Waals surface area contributed by atoms with Gasteiger partial charge in [0, 0.05) is 16.0 Å². The van der Waals surface area contributed by atoms with Gasteiger partial charge in [0.25, 0.3) is 5.91 Å². The van der Waals surface area contributed by atoms with Gasteiger partial charge in [0.15, 0.2) is 0 Å². The molecule has 1 amide bonds. The van der Waals surface area contributed by atoms with Crippen LogP contribution < -0.4 is 10.1 Å². The van der Waals surface area contributed by atoms with Crippen molar-refractivity contribution in [3.63, 3.8) is 0 Å². The van der Waals surface area contributed by atoms with Gasteiger partial charge in [-0.25, -0.2) is 0 Å². The second-order valence-electron chi connectivity index (χ2n) is 9.31. The number of anilines is 1. The molecule has 37 heavy (non-hydrogen) atoms. The van der Waals surface area contributed by atoms with Crippen LogP contribution in [0.3, 0.4) is 0 Å². The fourth-order valence-corrected chi connectivity index (χ4v) is 6.05. The third-order valence-corrected chi connectivity index (χ3v) is 8.13. The zero-order chi connectivity index (χ0) is 26.4. The van der Waals surface area contributed by atoms with Crippen molar-refractivity contribution in [3.05, 3.63) is 81.7 Å². The van der Waals surface area contributed by atoms with E-state index >= 15 is 0 Å². The first-order valence-electron chi connectivity index (χ1n) is 13.0. The van der Waals surface area contributed by atoms with Gasteiger partial charge in [0.05, 0.1) is 25.2 Å². The van der Waals surface area contributed by atoms with E-state index in [1.807, 2.05) is 56.3 Å². The van der Waals surface area contributed by atoms with Gasteiger partial charge in [-0.2, -0.15) is 0 Å². The molecule has 1 aliphatic rings. The lowest BCUT2D eigenvalue weighted by atomic mass is 9.90. The summed E-state index contributed by atoms with van der Waals surface area (Å²) in [6.07, 6.45) is 1.50. The molecule has 4 rings (SSSR count). The fourth-order valence-electron chi connectivity index (χ4n) is 4.96. The molecule has 1 N–H and O–H groups in total. The van der Waals surface area contributed by atoms with Gasteiger partial charge in [-0.1, -0.05) is 30.3 Å². The molecule has 7 heteroatoms. The van der Waals surface area contributed by atoms with Gasteiger partial charge in [-0.3, -0.25) is 14.5 Å². The summed E-state index contributed by atoms with van der Waals surface area (Å²) in [6.45, 7) is 10.6. The number of nitrogens with zero attached hydrogens (tertiary/aromatic N) is 1. The Kier molecular flexibility index (Phi) is 9.00. The number of rotatable bonds is 9. The van der Waals surface area contributed by atoms with Gasteiger partial charge in [-0.05, 0) is 89.0 Å². The van der Waals surface area contributed by atoms with Crippen molar-refractivity contribution in [2.24, 2.45) is 5.92 Å². The van der Waals surface area contributed by atoms with Crippen molar-refractivity contribution in [1.29, 1.82) is 0 Å². The highest BCUT2D eigenvalue weighted by Gasteiger charge is 2.34. The number of esters is 1. The SMILES string of the molecule is CCOC(=O)C1CCN(C(c2ccc(OCC)cc2)c2c(NC(=O)c3ccccc3)sc(C)c2C)CC1. The van der Waals surface area contributed by atoms with Crippen molar-refractivity contribution in [2.75, 3.05) is 31.6 Å². The van der Waals surface area contributed by atoms with E-state index in [9.17, 15) is 9.59 Å². The number of carbonyl (C=O) groups excluding carboxylic acids is 2. The Labute approximate surface area is 223 Å². The Balaban J connectivity index is 1.69. The first-order chi connectivity index (χ1) is 17.9. The minimum atomic E-state index is -0.116. The number of likely N-dealkylation sites (tertiary alicyclic amines) is 1.